The van der Waals surface area contributed by atoms with E-state index in [4.69, 9.17) is 5.26 Å². The van der Waals surface area contributed by atoms with Crippen molar-refractivity contribution >= 4 is 0 Å². The fourth-order valence-electron chi connectivity index (χ4n) is 0.303. The summed E-state index contributed by atoms with van der Waals surface area (Å²) < 4.78 is 0. The van der Waals surface area contributed by atoms with Crippen LogP contribution in [0, 0.1) is 11.3 Å². The maximum Gasteiger partial charge on any atom is 0.0908 e. The van der Waals surface area contributed by atoms with Crippen LogP contribution in [0.5, 0.6) is 0 Å². The summed E-state index contributed by atoms with van der Waals surface area (Å²) in [7, 11) is 0. The molecule has 0 spiro atoms. The van der Waals surface area contributed by atoms with Crippen molar-refractivity contribution in [2.45, 2.75) is 19.8 Å². The fraction of sp³-hybridized carbons (Fsp3) is 0.500. The molecule has 0 aliphatic rings. The SMILES string of the molecule is CCC/C=C\C#N. The average molecular weight is 95.1 g/mol. The molecule has 0 saturated carbocycles. The van der Waals surface area contributed by atoms with Crippen molar-refractivity contribution < 1.29 is 0 Å². The third-order valence-corrected chi connectivity index (χ3v) is 0.648. The molecule has 1 heteroatoms. The third kappa shape index (κ3) is 5.23. The van der Waals surface area contributed by atoms with Crippen LogP contribution in [0.15, 0.2) is 12.2 Å². The molecule has 1 nitrogen and oxygen atoms in total. The molecule has 0 atom stereocenters. The quantitative estimate of drug-likeness (QED) is 0.480. The minimum absolute atomic E-state index is 1.02. The van der Waals surface area contributed by atoms with Crippen molar-refractivity contribution in [3.05, 3.63) is 12.2 Å². The zero-order valence-electron chi connectivity index (χ0n) is 4.52. The van der Waals surface area contributed by atoms with Gasteiger partial charge in [0, 0.05) is 6.08 Å². The molecule has 0 bridgehead atoms. The number of nitrogens with zero attached hydrogens (tertiary/aromatic N) is 1. The van der Waals surface area contributed by atoms with Crippen LogP contribution in [0.3, 0.4) is 0 Å². The van der Waals surface area contributed by atoms with E-state index in [0.717, 1.165) is 12.8 Å². The molecule has 0 aliphatic heterocycles. The molecule has 0 aliphatic carbocycles. The van der Waals surface area contributed by atoms with Gasteiger partial charge < -0.3 is 0 Å². The summed E-state index contributed by atoms with van der Waals surface area (Å²) in [4.78, 5) is 0. The van der Waals surface area contributed by atoms with Crippen LogP contribution in [-0.4, -0.2) is 0 Å². The fourth-order valence-corrected chi connectivity index (χ4v) is 0.303. The summed E-state index contributed by atoms with van der Waals surface area (Å²) in [5.41, 5.74) is 0. The molecular weight excluding hydrogens is 86.1 g/mol. The Hall–Kier alpha value is -0.770. The molecule has 0 fully saturated rings. The molecule has 0 saturated heterocycles. The second kappa shape index (κ2) is 5.23. The zero-order chi connectivity index (χ0) is 5.54. The second-order valence-corrected chi connectivity index (χ2v) is 1.32. The Morgan fingerprint density at radius 2 is 2.43 bits per heavy atom. The van der Waals surface area contributed by atoms with Gasteiger partial charge in [-0.1, -0.05) is 19.4 Å². The number of allylic oxidation sites excluding steroid dienone is 2. The Balaban J connectivity index is 2.97. The summed E-state index contributed by atoms with van der Waals surface area (Å²) in [6.45, 7) is 2.09. The van der Waals surface area contributed by atoms with Gasteiger partial charge in [0.15, 0.2) is 0 Å². The van der Waals surface area contributed by atoms with Gasteiger partial charge in [0.25, 0.3) is 0 Å². The number of hydrogen-bond acceptors (Lipinski definition) is 1. The predicted octanol–water partition coefficient (Wildman–Crippen LogP) is 1.87. The lowest BCUT2D eigenvalue weighted by atomic mass is 10.3. The summed E-state index contributed by atoms with van der Waals surface area (Å²) in [6, 6.07) is 1.92. The van der Waals surface area contributed by atoms with E-state index < -0.39 is 0 Å². The number of hydrogen-bond donors (Lipinski definition) is 0. The third-order valence-electron chi connectivity index (χ3n) is 0.648. The smallest absolute Gasteiger partial charge is 0.0908 e. The van der Waals surface area contributed by atoms with Gasteiger partial charge in [-0.05, 0) is 6.42 Å². The lowest BCUT2D eigenvalue weighted by molar-refractivity contribution is 0.959. The van der Waals surface area contributed by atoms with Crippen molar-refractivity contribution in [1.82, 2.24) is 0 Å². The summed E-state index contributed by atoms with van der Waals surface area (Å²) in [5, 5.41) is 7.96. The van der Waals surface area contributed by atoms with Crippen molar-refractivity contribution in [2.75, 3.05) is 0 Å². The molecule has 0 amide bonds. The normalized spacial score (nSPS) is 9.14. The van der Waals surface area contributed by atoms with Crippen LogP contribution in [0.1, 0.15) is 19.8 Å². The first-order valence-corrected chi connectivity index (χ1v) is 2.46. The monoisotopic (exact) mass is 95.1 g/mol. The summed E-state index contributed by atoms with van der Waals surface area (Å²) >= 11 is 0. The highest BCUT2D eigenvalue weighted by Gasteiger charge is 1.67. The van der Waals surface area contributed by atoms with Gasteiger partial charge >= 0.3 is 0 Å². The molecular formula is C6H9N. The van der Waals surface area contributed by atoms with Crippen molar-refractivity contribution in [2.24, 2.45) is 0 Å². The molecule has 0 unspecified atom stereocenters. The van der Waals surface area contributed by atoms with Crippen LogP contribution >= 0.6 is 0 Å². The van der Waals surface area contributed by atoms with E-state index >= 15 is 0 Å². The van der Waals surface area contributed by atoms with Crippen molar-refractivity contribution in [3.8, 4) is 6.07 Å². The van der Waals surface area contributed by atoms with Crippen LogP contribution < -0.4 is 0 Å². The van der Waals surface area contributed by atoms with E-state index in [9.17, 15) is 0 Å². The molecule has 0 aromatic rings. The second-order valence-electron chi connectivity index (χ2n) is 1.32. The maximum atomic E-state index is 7.96. The molecule has 0 aromatic heterocycles. The van der Waals surface area contributed by atoms with Gasteiger partial charge in [-0.15, -0.1) is 0 Å². The predicted molar refractivity (Wildman–Crippen MR) is 29.7 cm³/mol. The van der Waals surface area contributed by atoms with Crippen LogP contribution in [-0.2, 0) is 0 Å². The maximum absolute atomic E-state index is 7.96. The van der Waals surface area contributed by atoms with Crippen molar-refractivity contribution in [1.29, 1.82) is 5.26 Å². The lowest BCUT2D eigenvalue weighted by Crippen LogP contribution is -1.57. The molecule has 0 aromatic carbocycles. The van der Waals surface area contributed by atoms with Gasteiger partial charge in [0.05, 0.1) is 6.07 Å². The molecule has 0 radical (unpaired) electrons. The van der Waals surface area contributed by atoms with E-state index in [1.807, 2.05) is 12.1 Å². The van der Waals surface area contributed by atoms with Gasteiger partial charge in [-0.2, -0.15) is 5.26 Å². The highest BCUT2D eigenvalue weighted by molar-refractivity contribution is 5.00. The Bertz CT molecular complexity index is 86.8. The zero-order valence-corrected chi connectivity index (χ0v) is 4.52. The Kier molecular flexibility index (Phi) is 4.65. The lowest BCUT2D eigenvalue weighted by Gasteiger charge is -1.75. The van der Waals surface area contributed by atoms with Gasteiger partial charge in [0.2, 0.25) is 0 Å². The first kappa shape index (κ1) is 6.23. The number of rotatable bonds is 2. The molecule has 38 valence electrons. The first-order chi connectivity index (χ1) is 3.41. The highest BCUT2D eigenvalue weighted by Crippen LogP contribution is 1.85. The van der Waals surface area contributed by atoms with Gasteiger partial charge in [-0.25, -0.2) is 0 Å². The molecule has 0 rings (SSSR count). The van der Waals surface area contributed by atoms with E-state index in [2.05, 4.69) is 6.92 Å². The number of unbranched alkanes of at least 4 members (excludes halogenated alkanes) is 1. The highest BCUT2D eigenvalue weighted by atomic mass is 14.2. The summed E-state index contributed by atoms with van der Waals surface area (Å²) in [6.07, 6.45) is 5.54. The molecule has 7 heavy (non-hydrogen) atoms. The average Bonchev–Trinajstić information content (AvgIpc) is 1.69. The van der Waals surface area contributed by atoms with Gasteiger partial charge in [-0.3, -0.25) is 0 Å². The van der Waals surface area contributed by atoms with E-state index in [-0.39, 0.29) is 0 Å². The minimum atomic E-state index is 1.02. The summed E-state index contributed by atoms with van der Waals surface area (Å²) in [5.74, 6) is 0. The molecule has 0 heterocycles. The van der Waals surface area contributed by atoms with Crippen LogP contribution in [0.4, 0.5) is 0 Å². The first-order valence-electron chi connectivity index (χ1n) is 2.46. The van der Waals surface area contributed by atoms with E-state index in [1.165, 1.54) is 6.08 Å². The van der Waals surface area contributed by atoms with Crippen LogP contribution in [0.25, 0.3) is 0 Å². The Morgan fingerprint density at radius 3 is 2.86 bits per heavy atom. The standard InChI is InChI=1S/C6H9N/c1-2-3-4-5-6-7/h4-5H,2-3H2,1H3/b5-4-. The van der Waals surface area contributed by atoms with Crippen molar-refractivity contribution in [3.63, 3.8) is 0 Å². The van der Waals surface area contributed by atoms with Crippen LogP contribution in [0.2, 0.25) is 0 Å². The topological polar surface area (TPSA) is 23.8 Å². The van der Waals surface area contributed by atoms with E-state index in [0.29, 0.717) is 0 Å². The van der Waals surface area contributed by atoms with Gasteiger partial charge in [0.1, 0.15) is 0 Å². The number of nitriles is 1. The largest absolute Gasteiger partial charge is 0.193 e. The van der Waals surface area contributed by atoms with E-state index in [1.54, 1.807) is 0 Å². The Labute approximate surface area is 44.3 Å². The Morgan fingerprint density at radius 1 is 1.71 bits per heavy atom. The minimum Gasteiger partial charge on any atom is -0.193 e. The molecule has 0 N–H and O–H groups in total.